The number of hydrogen-bond acceptors (Lipinski definition) is 4. The highest BCUT2D eigenvalue weighted by Gasteiger charge is 2.38. The lowest BCUT2D eigenvalue weighted by Gasteiger charge is -2.30. The summed E-state index contributed by atoms with van der Waals surface area (Å²) in [4.78, 5) is 20.9. The van der Waals surface area contributed by atoms with E-state index in [4.69, 9.17) is 9.73 Å². The van der Waals surface area contributed by atoms with Crippen molar-refractivity contribution in [2.75, 3.05) is 6.61 Å². The summed E-state index contributed by atoms with van der Waals surface area (Å²) in [6.07, 6.45) is 7.68. The number of ether oxygens (including phenoxy) is 1. The summed E-state index contributed by atoms with van der Waals surface area (Å²) in [5.41, 5.74) is 3.09. The SMILES string of the molecule is CCOc1ccc(/C=C2/SC(=Nc3ccc(C)cc3)N(C3CCCCC3)C2=O)cc1. The molecule has 2 aliphatic rings. The molecule has 2 fully saturated rings. The van der Waals surface area contributed by atoms with E-state index in [0.717, 1.165) is 39.9 Å². The van der Waals surface area contributed by atoms with Crippen LogP contribution in [-0.2, 0) is 4.79 Å². The first-order valence-corrected chi connectivity index (χ1v) is 11.6. The molecular formula is C25H28N2O2S. The Balaban J connectivity index is 1.64. The van der Waals surface area contributed by atoms with E-state index in [1.54, 1.807) is 0 Å². The fourth-order valence-electron chi connectivity index (χ4n) is 3.93. The third-order valence-electron chi connectivity index (χ3n) is 5.52. The van der Waals surface area contributed by atoms with E-state index in [1.807, 2.05) is 54.3 Å². The Morgan fingerprint density at radius 1 is 1.07 bits per heavy atom. The summed E-state index contributed by atoms with van der Waals surface area (Å²) in [5, 5.41) is 0.799. The minimum Gasteiger partial charge on any atom is -0.494 e. The minimum absolute atomic E-state index is 0.0756. The van der Waals surface area contributed by atoms with Gasteiger partial charge in [-0.05, 0) is 74.4 Å². The molecule has 30 heavy (non-hydrogen) atoms. The van der Waals surface area contributed by atoms with Gasteiger partial charge in [-0.25, -0.2) is 4.99 Å². The van der Waals surface area contributed by atoms with Gasteiger partial charge in [0.2, 0.25) is 0 Å². The molecule has 1 aliphatic carbocycles. The topological polar surface area (TPSA) is 41.9 Å². The second-order valence-corrected chi connectivity index (χ2v) is 8.82. The van der Waals surface area contributed by atoms with Gasteiger partial charge in [0.1, 0.15) is 5.75 Å². The monoisotopic (exact) mass is 420 g/mol. The second kappa shape index (κ2) is 9.52. The van der Waals surface area contributed by atoms with Gasteiger partial charge in [-0.3, -0.25) is 9.69 Å². The molecular weight excluding hydrogens is 392 g/mol. The van der Waals surface area contributed by atoms with E-state index in [-0.39, 0.29) is 11.9 Å². The Labute approximate surface area is 183 Å². The maximum atomic E-state index is 13.4. The first-order valence-electron chi connectivity index (χ1n) is 10.8. The number of carbonyl (C=O) groups is 1. The van der Waals surface area contributed by atoms with Gasteiger partial charge in [0.15, 0.2) is 5.17 Å². The van der Waals surface area contributed by atoms with E-state index >= 15 is 0 Å². The summed E-state index contributed by atoms with van der Waals surface area (Å²) < 4.78 is 5.52. The Kier molecular flexibility index (Phi) is 6.58. The molecule has 0 aromatic heterocycles. The van der Waals surface area contributed by atoms with E-state index in [9.17, 15) is 4.79 Å². The minimum atomic E-state index is 0.0756. The van der Waals surface area contributed by atoms with Crippen molar-refractivity contribution in [2.24, 2.45) is 4.99 Å². The molecule has 2 aromatic carbocycles. The first kappa shape index (κ1) is 20.7. The zero-order valence-corrected chi connectivity index (χ0v) is 18.5. The number of benzene rings is 2. The summed E-state index contributed by atoms with van der Waals surface area (Å²) in [6.45, 7) is 4.68. The zero-order chi connectivity index (χ0) is 20.9. The quantitative estimate of drug-likeness (QED) is 0.531. The van der Waals surface area contributed by atoms with Gasteiger partial charge in [-0.15, -0.1) is 0 Å². The molecule has 5 heteroatoms. The average Bonchev–Trinajstić information content (AvgIpc) is 3.06. The number of nitrogens with zero attached hydrogens (tertiary/aromatic N) is 2. The number of amidine groups is 1. The predicted octanol–water partition coefficient (Wildman–Crippen LogP) is 6.33. The molecule has 1 saturated carbocycles. The van der Waals surface area contributed by atoms with Gasteiger partial charge in [-0.1, -0.05) is 49.1 Å². The van der Waals surface area contributed by atoms with E-state index in [1.165, 1.54) is 36.6 Å². The Morgan fingerprint density at radius 2 is 1.77 bits per heavy atom. The van der Waals surface area contributed by atoms with E-state index < -0.39 is 0 Å². The van der Waals surface area contributed by atoms with Crippen LogP contribution in [0.5, 0.6) is 5.75 Å². The van der Waals surface area contributed by atoms with Crippen LogP contribution in [0.1, 0.15) is 50.2 Å². The molecule has 1 aliphatic heterocycles. The predicted molar refractivity (Wildman–Crippen MR) is 125 cm³/mol. The number of thioether (sulfide) groups is 1. The van der Waals surface area contributed by atoms with Gasteiger partial charge in [0.25, 0.3) is 5.91 Å². The van der Waals surface area contributed by atoms with Crippen molar-refractivity contribution in [3.63, 3.8) is 0 Å². The summed E-state index contributed by atoms with van der Waals surface area (Å²) >= 11 is 1.49. The Morgan fingerprint density at radius 3 is 2.43 bits per heavy atom. The Bertz CT molecular complexity index is 942. The lowest BCUT2D eigenvalue weighted by molar-refractivity contribution is -0.124. The number of carbonyl (C=O) groups excluding carboxylic acids is 1. The van der Waals surface area contributed by atoms with Crippen molar-refractivity contribution in [2.45, 2.75) is 52.0 Å². The van der Waals surface area contributed by atoms with Gasteiger partial charge < -0.3 is 4.74 Å². The lowest BCUT2D eigenvalue weighted by Crippen LogP contribution is -2.40. The van der Waals surface area contributed by atoms with Crippen LogP contribution >= 0.6 is 11.8 Å². The molecule has 2 aromatic rings. The van der Waals surface area contributed by atoms with Gasteiger partial charge in [-0.2, -0.15) is 0 Å². The van der Waals surface area contributed by atoms with Crippen LogP contribution in [0, 0.1) is 6.92 Å². The van der Waals surface area contributed by atoms with Gasteiger partial charge in [0, 0.05) is 6.04 Å². The van der Waals surface area contributed by atoms with Crippen LogP contribution in [0.25, 0.3) is 6.08 Å². The van der Waals surface area contributed by atoms with Gasteiger partial charge in [0.05, 0.1) is 17.2 Å². The van der Waals surface area contributed by atoms with Crippen molar-refractivity contribution < 1.29 is 9.53 Å². The molecule has 0 bridgehead atoms. The van der Waals surface area contributed by atoms with Crippen LogP contribution in [-0.4, -0.2) is 28.6 Å². The molecule has 0 N–H and O–H groups in total. The average molecular weight is 421 g/mol. The summed E-state index contributed by atoms with van der Waals surface area (Å²) in [6, 6.07) is 16.3. The number of rotatable bonds is 5. The molecule has 4 nitrogen and oxygen atoms in total. The largest absolute Gasteiger partial charge is 0.494 e. The highest BCUT2D eigenvalue weighted by Crippen LogP contribution is 2.38. The van der Waals surface area contributed by atoms with Crippen LogP contribution in [0.15, 0.2) is 58.4 Å². The van der Waals surface area contributed by atoms with Crippen molar-refractivity contribution in [3.8, 4) is 5.75 Å². The van der Waals surface area contributed by atoms with Crippen LogP contribution in [0.2, 0.25) is 0 Å². The molecule has 1 amide bonds. The standard InChI is InChI=1S/C25H28N2O2S/c1-3-29-22-15-11-19(12-16-22)17-23-24(28)27(21-7-5-4-6-8-21)25(30-23)26-20-13-9-18(2)10-14-20/h9-17,21H,3-8H2,1-2H3/b23-17+,26-25?. The maximum absolute atomic E-state index is 13.4. The highest BCUT2D eigenvalue weighted by molar-refractivity contribution is 8.18. The summed E-state index contributed by atoms with van der Waals surface area (Å²) in [7, 11) is 0. The maximum Gasteiger partial charge on any atom is 0.267 e. The van der Waals surface area contributed by atoms with Crippen molar-refractivity contribution in [3.05, 3.63) is 64.6 Å². The molecule has 0 radical (unpaired) electrons. The molecule has 0 spiro atoms. The number of aliphatic imine (C=N–C) groups is 1. The third-order valence-corrected chi connectivity index (χ3v) is 6.51. The lowest BCUT2D eigenvalue weighted by atomic mass is 9.94. The fourth-order valence-corrected chi connectivity index (χ4v) is 4.99. The Hall–Kier alpha value is -2.53. The van der Waals surface area contributed by atoms with Crippen LogP contribution in [0.3, 0.4) is 0 Å². The molecule has 0 atom stereocenters. The normalized spacial score (nSPS) is 20.3. The number of amides is 1. The summed E-state index contributed by atoms with van der Waals surface area (Å²) in [5.74, 6) is 0.919. The van der Waals surface area contributed by atoms with E-state index in [2.05, 4.69) is 19.1 Å². The smallest absolute Gasteiger partial charge is 0.267 e. The molecule has 156 valence electrons. The molecule has 1 saturated heterocycles. The number of aryl methyl sites for hydroxylation is 1. The second-order valence-electron chi connectivity index (χ2n) is 7.81. The van der Waals surface area contributed by atoms with Crippen molar-refractivity contribution in [1.29, 1.82) is 0 Å². The molecule has 1 heterocycles. The highest BCUT2D eigenvalue weighted by atomic mass is 32.2. The van der Waals surface area contributed by atoms with Gasteiger partial charge >= 0.3 is 0 Å². The first-order chi connectivity index (χ1) is 14.6. The zero-order valence-electron chi connectivity index (χ0n) is 17.6. The molecule has 4 rings (SSSR count). The van der Waals surface area contributed by atoms with Crippen molar-refractivity contribution in [1.82, 2.24) is 4.90 Å². The van der Waals surface area contributed by atoms with Crippen molar-refractivity contribution >= 4 is 34.6 Å². The third kappa shape index (κ3) is 4.78. The fraction of sp³-hybridized carbons (Fsp3) is 0.360. The van der Waals surface area contributed by atoms with Crippen LogP contribution < -0.4 is 4.74 Å². The number of hydrogen-bond donors (Lipinski definition) is 0. The van der Waals surface area contributed by atoms with E-state index in [0.29, 0.717) is 6.61 Å². The van der Waals surface area contributed by atoms with Crippen LogP contribution in [0.4, 0.5) is 5.69 Å². The molecule has 0 unspecified atom stereocenters.